The number of likely N-dealkylation sites (N-methyl/N-ethyl adjacent to an activating group) is 1. The van der Waals surface area contributed by atoms with Crippen LogP contribution >= 0.6 is 0 Å². The Balaban J connectivity index is 2.11. The Hall–Kier alpha value is -2.92. The van der Waals surface area contributed by atoms with Crippen molar-refractivity contribution >= 4 is 11.1 Å². The van der Waals surface area contributed by atoms with Crippen LogP contribution in [0.1, 0.15) is 16.7 Å². The second-order valence-electron chi connectivity index (χ2n) is 7.60. The Labute approximate surface area is 185 Å². The van der Waals surface area contributed by atoms with E-state index in [0.29, 0.717) is 6.61 Å². The first-order chi connectivity index (χ1) is 15.1. The molecule has 0 spiro atoms. The minimum atomic E-state index is -0.450. The first-order valence-electron chi connectivity index (χ1n) is 10.5. The van der Waals surface area contributed by atoms with Gasteiger partial charge in [-0.25, -0.2) is 0 Å². The number of aliphatic hydroxyl groups is 1. The maximum atomic E-state index is 10.1. The maximum Gasteiger partial charge on any atom is 0.119 e. The Kier molecular flexibility index (Phi) is 8.42. The van der Waals surface area contributed by atoms with Gasteiger partial charge in [-0.1, -0.05) is 72.8 Å². The van der Waals surface area contributed by atoms with Crippen LogP contribution in [-0.2, 0) is 4.74 Å². The number of rotatable bonds is 10. The molecule has 31 heavy (non-hydrogen) atoms. The van der Waals surface area contributed by atoms with Crippen LogP contribution in [-0.4, -0.2) is 57.1 Å². The topological polar surface area (TPSA) is 41.9 Å². The number of hydrogen-bond donors (Lipinski definition) is 1. The van der Waals surface area contributed by atoms with Gasteiger partial charge in [0.2, 0.25) is 0 Å². The van der Waals surface area contributed by atoms with E-state index in [1.54, 1.807) is 7.11 Å². The zero-order valence-electron chi connectivity index (χ0n) is 18.5. The molecule has 0 aliphatic heterocycles. The molecule has 3 rings (SSSR count). The fraction of sp³-hybridized carbons (Fsp3) is 0.259. The van der Waals surface area contributed by atoms with Crippen molar-refractivity contribution < 1.29 is 14.6 Å². The van der Waals surface area contributed by atoms with Gasteiger partial charge in [0.25, 0.3) is 0 Å². The maximum absolute atomic E-state index is 10.1. The average molecular weight is 418 g/mol. The molecule has 0 fully saturated rings. The van der Waals surface area contributed by atoms with Crippen molar-refractivity contribution in [2.45, 2.75) is 6.10 Å². The molecular weight excluding hydrogens is 386 g/mol. The second-order valence-corrected chi connectivity index (χ2v) is 7.60. The van der Waals surface area contributed by atoms with Crippen molar-refractivity contribution in [3.05, 3.63) is 102 Å². The second kappa shape index (κ2) is 11.5. The quantitative estimate of drug-likeness (QED) is 0.490. The molecule has 3 aromatic rings. The minimum Gasteiger partial charge on any atom is -0.492 e. The van der Waals surface area contributed by atoms with Crippen molar-refractivity contribution in [2.24, 2.45) is 0 Å². The van der Waals surface area contributed by atoms with E-state index in [0.717, 1.165) is 40.1 Å². The van der Waals surface area contributed by atoms with Gasteiger partial charge in [0, 0.05) is 13.7 Å². The average Bonchev–Trinajstić information content (AvgIpc) is 2.81. The highest BCUT2D eigenvalue weighted by atomic mass is 16.5. The summed E-state index contributed by atoms with van der Waals surface area (Å²) in [6, 6.07) is 28.5. The summed E-state index contributed by atoms with van der Waals surface area (Å²) in [4.78, 5) is 2.09. The standard InChI is InChI=1S/C27H31NO3/c1-28(2)18-19-31-24-16-14-23(15-17-24)26(21-10-6-4-7-11-21)27(25(20-29)30-3)22-12-8-5-9-13-22/h4-17,25,29H,18-20H2,1-3H3/b27-26+. The highest BCUT2D eigenvalue weighted by molar-refractivity contribution is 6.00. The summed E-state index contributed by atoms with van der Waals surface area (Å²) in [5, 5.41) is 10.1. The van der Waals surface area contributed by atoms with Crippen LogP contribution in [0.4, 0.5) is 0 Å². The van der Waals surface area contributed by atoms with E-state index in [-0.39, 0.29) is 6.61 Å². The molecular formula is C27H31NO3. The fourth-order valence-electron chi connectivity index (χ4n) is 3.54. The molecule has 1 atom stereocenters. The molecule has 1 N–H and O–H groups in total. The molecule has 0 saturated carbocycles. The smallest absolute Gasteiger partial charge is 0.119 e. The number of aliphatic hydroxyl groups excluding tert-OH is 1. The van der Waals surface area contributed by atoms with Crippen LogP contribution in [0.5, 0.6) is 5.75 Å². The van der Waals surface area contributed by atoms with Gasteiger partial charge in [0.05, 0.1) is 6.61 Å². The predicted octanol–water partition coefficient (Wildman–Crippen LogP) is 4.59. The van der Waals surface area contributed by atoms with Gasteiger partial charge >= 0.3 is 0 Å². The Morgan fingerprint density at radius 3 is 1.87 bits per heavy atom. The molecule has 1 unspecified atom stereocenters. The summed E-state index contributed by atoms with van der Waals surface area (Å²) in [5.41, 5.74) is 5.12. The monoisotopic (exact) mass is 417 g/mol. The Morgan fingerprint density at radius 2 is 1.35 bits per heavy atom. The van der Waals surface area contributed by atoms with Gasteiger partial charge in [-0.15, -0.1) is 0 Å². The summed E-state index contributed by atoms with van der Waals surface area (Å²) in [7, 11) is 5.69. The van der Waals surface area contributed by atoms with Gasteiger partial charge in [-0.3, -0.25) is 0 Å². The van der Waals surface area contributed by atoms with Crippen LogP contribution in [0, 0.1) is 0 Å². The Bertz CT molecular complexity index is 947. The first-order valence-corrected chi connectivity index (χ1v) is 10.5. The molecule has 0 amide bonds. The van der Waals surface area contributed by atoms with Crippen molar-refractivity contribution in [3.63, 3.8) is 0 Å². The number of benzene rings is 3. The van der Waals surface area contributed by atoms with Gasteiger partial charge in [0.1, 0.15) is 18.5 Å². The van der Waals surface area contributed by atoms with Gasteiger partial charge < -0.3 is 19.5 Å². The molecule has 4 heteroatoms. The summed E-state index contributed by atoms with van der Waals surface area (Å²) >= 11 is 0. The number of nitrogens with zero attached hydrogens (tertiary/aromatic N) is 1. The van der Waals surface area contributed by atoms with E-state index in [4.69, 9.17) is 9.47 Å². The van der Waals surface area contributed by atoms with Crippen LogP contribution in [0.2, 0.25) is 0 Å². The van der Waals surface area contributed by atoms with Crippen molar-refractivity contribution in [3.8, 4) is 5.75 Å². The lowest BCUT2D eigenvalue weighted by Crippen LogP contribution is -2.20. The SMILES string of the molecule is COC(CO)/C(=C(\c1ccccc1)c1ccc(OCCN(C)C)cc1)c1ccccc1. The molecule has 3 aromatic carbocycles. The summed E-state index contributed by atoms with van der Waals surface area (Å²) in [5.74, 6) is 0.838. The molecule has 4 nitrogen and oxygen atoms in total. The third-order valence-electron chi connectivity index (χ3n) is 5.14. The van der Waals surface area contributed by atoms with Crippen molar-refractivity contribution in [2.75, 3.05) is 41.0 Å². The van der Waals surface area contributed by atoms with Gasteiger partial charge in [-0.2, -0.15) is 0 Å². The summed E-state index contributed by atoms with van der Waals surface area (Å²) in [6.07, 6.45) is -0.450. The molecule has 0 aliphatic rings. The van der Waals surface area contributed by atoms with E-state index in [9.17, 15) is 5.11 Å². The molecule has 162 valence electrons. The lowest BCUT2D eigenvalue weighted by molar-refractivity contribution is 0.0888. The zero-order valence-corrected chi connectivity index (χ0v) is 18.5. The lowest BCUT2D eigenvalue weighted by atomic mass is 9.87. The van der Waals surface area contributed by atoms with E-state index in [1.807, 2.05) is 62.6 Å². The molecule has 0 aromatic heterocycles. The predicted molar refractivity (Wildman–Crippen MR) is 127 cm³/mol. The zero-order chi connectivity index (χ0) is 22.1. The van der Waals surface area contributed by atoms with Crippen molar-refractivity contribution in [1.82, 2.24) is 4.90 Å². The minimum absolute atomic E-state index is 0.108. The number of methoxy groups -OCH3 is 1. The van der Waals surface area contributed by atoms with Crippen LogP contribution in [0.3, 0.4) is 0 Å². The van der Waals surface area contributed by atoms with E-state index in [2.05, 4.69) is 41.3 Å². The largest absolute Gasteiger partial charge is 0.492 e. The summed E-state index contributed by atoms with van der Waals surface area (Å²) < 4.78 is 11.6. The van der Waals surface area contributed by atoms with E-state index < -0.39 is 6.10 Å². The van der Waals surface area contributed by atoms with E-state index >= 15 is 0 Å². The highest BCUT2D eigenvalue weighted by Gasteiger charge is 2.22. The molecule has 0 radical (unpaired) electrons. The Morgan fingerprint density at radius 1 is 0.806 bits per heavy atom. The van der Waals surface area contributed by atoms with Crippen LogP contribution in [0.15, 0.2) is 84.9 Å². The van der Waals surface area contributed by atoms with Gasteiger partial charge in [-0.05, 0) is 54.1 Å². The van der Waals surface area contributed by atoms with E-state index in [1.165, 1.54) is 0 Å². The van der Waals surface area contributed by atoms with Crippen LogP contribution in [0.25, 0.3) is 11.1 Å². The third-order valence-corrected chi connectivity index (χ3v) is 5.14. The molecule has 0 saturated heterocycles. The lowest BCUT2D eigenvalue weighted by Gasteiger charge is -2.23. The summed E-state index contributed by atoms with van der Waals surface area (Å²) in [6.45, 7) is 1.39. The molecule has 0 bridgehead atoms. The number of ether oxygens (including phenoxy) is 2. The van der Waals surface area contributed by atoms with Crippen molar-refractivity contribution in [1.29, 1.82) is 0 Å². The van der Waals surface area contributed by atoms with Gasteiger partial charge in [0.15, 0.2) is 0 Å². The normalized spacial score (nSPS) is 13.1. The fourth-order valence-corrected chi connectivity index (χ4v) is 3.54. The number of hydrogen-bond acceptors (Lipinski definition) is 4. The first kappa shape index (κ1) is 22.8. The molecule has 0 heterocycles. The molecule has 0 aliphatic carbocycles. The third kappa shape index (κ3) is 6.05. The van der Waals surface area contributed by atoms with Crippen LogP contribution < -0.4 is 4.74 Å². The highest BCUT2D eigenvalue weighted by Crippen LogP contribution is 2.36.